The van der Waals surface area contributed by atoms with E-state index in [-0.39, 0.29) is 5.91 Å². The van der Waals surface area contributed by atoms with Crippen molar-refractivity contribution in [1.82, 2.24) is 10.3 Å². The summed E-state index contributed by atoms with van der Waals surface area (Å²) in [5.41, 5.74) is 4.97. The molecule has 0 saturated carbocycles. The van der Waals surface area contributed by atoms with Crippen LogP contribution >= 0.6 is 11.3 Å². The SMILES string of the molecule is Cc1ccc(C(=O)NCc2sc(-c3ccccc3)nc2C)c(C)c1. The third kappa shape index (κ3) is 3.54. The molecule has 0 spiro atoms. The second-order valence-electron chi connectivity index (χ2n) is 5.89. The number of hydrogen-bond donors (Lipinski definition) is 1. The van der Waals surface area contributed by atoms with Gasteiger partial charge in [-0.25, -0.2) is 4.98 Å². The van der Waals surface area contributed by atoms with Gasteiger partial charge in [0.1, 0.15) is 5.01 Å². The molecule has 3 nitrogen and oxygen atoms in total. The fraction of sp³-hybridized carbons (Fsp3) is 0.200. The van der Waals surface area contributed by atoms with E-state index < -0.39 is 0 Å². The number of rotatable bonds is 4. The van der Waals surface area contributed by atoms with Crippen molar-refractivity contribution in [3.63, 3.8) is 0 Å². The zero-order valence-electron chi connectivity index (χ0n) is 14.1. The molecule has 4 heteroatoms. The molecule has 0 aliphatic carbocycles. The van der Waals surface area contributed by atoms with E-state index in [2.05, 4.69) is 22.4 Å². The molecule has 0 aliphatic rings. The van der Waals surface area contributed by atoms with Crippen LogP contribution in [0, 0.1) is 20.8 Å². The van der Waals surface area contributed by atoms with Crippen molar-refractivity contribution < 1.29 is 4.79 Å². The van der Waals surface area contributed by atoms with Gasteiger partial charge in [0.15, 0.2) is 0 Å². The first kappa shape index (κ1) is 16.4. The lowest BCUT2D eigenvalue weighted by Gasteiger charge is -2.07. The van der Waals surface area contributed by atoms with Crippen LogP contribution < -0.4 is 5.32 Å². The van der Waals surface area contributed by atoms with Crippen molar-refractivity contribution >= 4 is 17.2 Å². The number of thiazole rings is 1. The Morgan fingerprint density at radius 1 is 1.08 bits per heavy atom. The highest BCUT2D eigenvalue weighted by molar-refractivity contribution is 7.15. The summed E-state index contributed by atoms with van der Waals surface area (Å²) in [6, 6.07) is 16.0. The van der Waals surface area contributed by atoms with Gasteiger partial charge in [-0.2, -0.15) is 0 Å². The van der Waals surface area contributed by atoms with Gasteiger partial charge in [0.05, 0.1) is 12.2 Å². The molecule has 1 amide bonds. The molecule has 0 radical (unpaired) electrons. The number of nitrogens with zero attached hydrogens (tertiary/aromatic N) is 1. The minimum absolute atomic E-state index is 0.0402. The van der Waals surface area contributed by atoms with E-state index in [1.54, 1.807) is 11.3 Å². The van der Waals surface area contributed by atoms with Gasteiger partial charge in [-0.15, -0.1) is 11.3 Å². The van der Waals surface area contributed by atoms with Gasteiger partial charge in [0.2, 0.25) is 0 Å². The van der Waals surface area contributed by atoms with Crippen LogP contribution in [-0.4, -0.2) is 10.9 Å². The van der Waals surface area contributed by atoms with E-state index in [9.17, 15) is 4.79 Å². The van der Waals surface area contributed by atoms with E-state index in [1.165, 1.54) is 0 Å². The molecule has 122 valence electrons. The number of aromatic nitrogens is 1. The van der Waals surface area contributed by atoms with E-state index in [0.29, 0.717) is 6.54 Å². The number of carbonyl (C=O) groups is 1. The first-order valence-electron chi connectivity index (χ1n) is 7.92. The van der Waals surface area contributed by atoms with Crippen LogP contribution in [0.4, 0.5) is 0 Å². The molecule has 1 aromatic heterocycles. The summed E-state index contributed by atoms with van der Waals surface area (Å²) in [5, 5.41) is 4.00. The maximum absolute atomic E-state index is 12.4. The highest BCUT2D eigenvalue weighted by atomic mass is 32.1. The topological polar surface area (TPSA) is 42.0 Å². The molecule has 0 atom stereocenters. The average molecular weight is 336 g/mol. The van der Waals surface area contributed by atoms with Gasteiger partial charge in [0, 0.05) is 16.0 Å². The molecule has 1 heterocycles. The first-order valence-corrected chi connectivity index (χ1v) is 8.73. The monoisotopic (exact) mass is 336 g/mol. The van der Waals surface area contributed by atoms with Crippen molar-refractivity contribution in [2.75, 3.05) is 0 Å². The quantitative estimate of drug-likeness (QED) is 0.752. The van der Waals surface area contributed by atoms with Gasteiger partial charge < -0.3 is 5.32 Å². The molecule has 1 N–H and O–H groups in total. The Morgan fingerprint density at radius 3 is 2.54 bits per heavy atom. The molecule has 0 saturated heterocycles. The van der Waals surface area contributed by atoms with Crippen LogP contribution in [0.15, 0.2) is 48.5 Å². The summed E-state index contributed by atoms with van der Waals surface area (Å²) in [7, 11) is 0. The Bertz CT molecular complexity index is 869. The number of amides is 1. The van der Waals surface area contributed by atoms with Crippen LogP contribution in [0.3, 0.4) is 0 Å². The van der Waals surface area contributed by atoms with Gasteiger partial charge in [-0.1, -0.05) is 48.0 Å². The fourth-order valence-electron chi connectivity index (χ4n) is 2.62. The zero-order chi connectivity index (χ0) is 17.1. The number of hydrogen-bond acceptors (Lipinski definition) is 3. The predicted molar refractivity (Wildman–Crippen MR) is 99.4 cm³/mol. The molecule has 3 aromatic rings. The summed E-state index contributed by atoms with van der Waals surface area (Å²) < 4.78 is 0. The van der Waals surface area contributed by atoms with Crippen LogP contribution in [-0.2, 0) is 6.54 Å². The third-order valence-corrected chi connectivity index (χ3v) is 5.16. The summed E-state index contributed by atoms with van der Waals surface area (Å²) >= 11 is 1.63. The van der Waals surface area contributed by atoms with Gasteiger partial charge in [-0.3, -0.25) is 4.79 Å². The van der Waals surface area contributed by atoms with Crippen LogP contribution in [0.2, 0.25) is 0 Å². The molecule has 0 fully saturated rings. The Balaban J connectivity index is 1.73. The molecular formula is C20H20N2OS. The summed E-state index contributed by atoms with van der Waals surface area (Å²) in [5.74, 6) is -0.0402. The molecule has 0 aliphatic heterocycles. The molecule has 0 bridgehead atoms. The van der Waals surface area contributed by atoms with Gasteiger partial charge >= 0.3 is 0 Å². The maximum Gasteiger partial charge on any atom is 0.251 e. The lowest BCUT2D eigenvalue weighted by molar-refractivity contribution is 0.0950. The molecule has 24 heavy (non-hydrogen) atoms. The van der Waals surface area contributed by atoms with Crippen LogP contribution in [0.25, 0.3) is 10.6 Å². The Labute approximate surface area is 146 Å². The van der Waals surface area contributed by atoms with Crippen LogP contribution in [0.1, 0.15) is 32.1 Å². The van der Waals surface area contributed by atoms with E-state index in [0.717, 1.165) is 37.8 Å². The van der Waals surface area contributed by atoms with E-state index >= 15 is 0 Å². The predicted octanol–water partition coefficient (Wildman–Crippen LogP) is 4.67. The molecule has 3 rings (SSSR count). The van der Waals surface area contributed by atoms with Gasteiger partial charge in [0.25, 0.3) is 5.91 Å². The molecule has 2 aromatic carbocycles. The average Bonchev–Trinajstić information content (AvgIpc) is 2.94. The Hall–Kier alpha value is -2.46. The second-order valence-corrected chi connectivity index (χ2v) is 6.98. The maximum atomic E-state index is 12.4. The first-order chi connectivity index (χ1) is 11.5. The number of benzene rings is 2. The van der Waals surface area contributed by atoms with Crippen molar-refractivity contribution in [2.24, 2.45) is 0 Å². The highest BCUT2D eigenvalue weighted by Crippen LogP contribution is 2.27. The fourth-order valence-corrected chi connectivity index (χ4v) is 3.63. The second kappa shape index (κ2) is 6.97. The lowest BCUT2D eigenvalue weighted by Crippen LogP contribution is -2.23. The van der Waals surface area contributed by atoms with Crippen molar-refractivity contribution in [3.05, 3.63) is 75.8 Å². The number of aryl methyl sites for hydroxylation is 3. The minimum atomic E-state index is -0.0402. The van der Waals surface area contributed by atoms with E-state index in [4.69, 9.17) is 0 Å². The van der Waals surface area contributed by atoms with Crippen molar-refractivity contribution in [1.29, 1.82) is 0 Å². The van der Waals surface area contributed by atoms with E-state index in [1.807, 2.05) is 57.2 Å². The number of nitrogens with one attached hydrogen (secondary N) is 1. The molecule has 0 unspecified atom stereocenters. The highest BCUT2D eigenvalue weighted by Gasteiger charge is 2.12. The largest absolute Gasteiger partial charge is 0.347 e. The zero-order valence-corrected chi connectivity index (χ0v) is 14.9. The normalized spacial score (nSPS) is 10.6. The van der Waals surface area contributed by atoms with Crippen LogP contribution in [0.5, 0.6) is 0 Å². The summed E-state index contributed by atoms with van der Waals surface area (Å²) in [4.78, 5) is 18.1. The Kier molecular flexibility index (Phi) is 4.76. The Morgan fingerprint density at radius 2 is 1.83 bits per heavy atom. The van der Waals surface area contributed by atoms with Crippen molar-refractivity contribution in [2.45, 2.75) is 27.3 Å². The summed E-state index contributed by atoms with van der Waals surface area (Å²) in [6.07, 6.45) is 0. The van der Waals surface area contributed by atoms with Crippen molar-refractivity contribution in [3.8, 4) is 10.6 Å². The smallest absolute Gasteiger partial charge is 0.251 e. The lowest BCUT2D eigenvalue weighted by atomic mass is 10.1. The molecular weight excluding hydrogens is 316 g/mol. The minimum Gasteiger partial charge on any atom is -0.347 e. The third-order valence-electron chi connectivity index (χ3n) is 3.95. The standard InChI is InChI=1S/C20H20N2OS/c1-13-9-10-17(14(2)11-13)19(23)21-12-18-15(3)22-20(24-18)16-7-5-4-6-8-16/h4-11H,12H2,1-3H3,(H,21,23). The van der Waals surface area contributed by atoms with Gasteiger partial charge in [-0.05, 0) is 32.4 Å². The summed E-state index contributed by atoms with van der Waals surface area (Å²) in [6.45, 7) is 6.48. The number of carbonyl (C=O) groups excluding carboxylic acids is 1.